The van der Waals surface area contributed by atoms with Crippen molar-refractivity contribution in [3.63, 3.8) is 0 Å². The van der Waals surface area contributed by atoms with Crippen LogP contribution in [0.1, 0.15) is 18.0 Å². The number of nitrogens with zero attached hydrogens (tertiary/aromatic N) is 3. The predicted molar refractivity (Wildman–Crippen MR) is 101 cm³/mol. The Hall–Kier alpha value is -2.76. The lowest BCUT2D eigenvalue weighted by Crippen LogP contribution is -2.35. The number of hydrogen-bond acceptors (Lipinski definition) is 5. The van der Waals surface area contributed by atoms with Crippen LogP contribution in [0.3, 0.4) is 0 Å². The van der Waals surface area contributed by atoms with E-state index < -0.39 is 11.0 Å². The van der Waals surface area contributed by atoms with Gasteiger partial charge < -0.3 is 5.32 Å². The number of hydrogen-bond donors (Lipinski definition) is 1. The van der Waals surface area contributed by atoms with Gasteiger partial charge in [-0.3, -0.25) is 19.8 Å². The highest BCUT2D eigenvalue weighted by Gasteiger charge is 2.25. The summed E-state index contributed by atoms with van der Waals surface area (Å²) >= 11 is 3.25. The number of nitriles is 1. The lowest BCUT2D eigenvalue weighted by molar-refractivity contribution is -0.384. The topological polar surface area (TPSA) is 99.3 Å². The van der Waals surface area contributed by atoms with Crippen LogP contribution in [0.25, 0.3) is 0 Å². The zero-order valence-corrected chi connectivity index (χ0v) is 15.6. The van der Waals surface area contributed by atoms with Gasteiger partial charge in [0.05, 0.1) is 16.7 Å². The molecule has 0 spiro atoms. The molecule has 1 N–H and O–H groups in total. The van der Waals surface area contributed by atoms with E-state index in [-0.39, 0.29) is 11.6 Å². The van der Waals surface area contributed by atoms with Crippen LogP contribution < -0.4 is 5.32 Å². The Morgan fingerprint density at radius 1 is 1.35 bits per heavy atom. The quantitative estimate of drug-likeness (QED) is 0.545. The SMILES string of the molecule is CN(CCC#N)C(C(=O)Nc1ccc([N+](=O)[O-])cc1Br)c1ccccc1. The number of rotatable bonds is 7. The Balaban J connectivity index is 2.27. The van der Waals surface area contributed by atoms with Crippen LogP contribution in [0.5, 0.6) is 0 Å². The van der Waals surface area contributed by atoms with Gasteiger partial charge in [-0.2, -0.15) is 5.26 Å². The molecule has 1 amide bonds. The first-order valence-corrected chi connectivity index (χ1v) is 8.60. The molecule has 2 aromatic carbocycles. The van der Waals surface area contributed by atoms with E-state index in [2.05, 4.69) is 27.3 Å². The van der Waals surface area contributed by atoms with Gasteiger partial charge in [-0.25, -0.2) is 0 Å². The van der Waals surface area contributed by atoms with Crippen molar-refractivity contribution < 1.29 is 9.72 Å². The molecule has 2 rings (SSSR count). The number of non-ortho nitro benzene ring substituents is 1. The van der Waals surface area contributed by atoms with E-state index >= 15 is 0 Å². The van der Waals surface area contributed by atoms with Crippen molar-refractivity contribution in [3.8, 4) is 6.07 Å². The van der Waals surface area contributed by atoms with Gasteiger partial charge in [0, 0.05) is 29.6 Å². The van der Waals surface area contributed by atoms with Gasteiger partial charge in [0.15, 0.2) is 0 Å². The van der Waals surface area contributed by atoms with Crippen molar-refractivity contribution in [2.24, 2.45) is 0 Å². The van der Waals surface area contributed by atoms with E-state index in [1.165, 1.54) is 18.2 Å². The van der Waals surface area contributed by atoms with Crippen LogP contribution >= 0.6 is 15.9 Å². The zero-order chi connectivity index (χ0) is 19.1. The molecule has 0 saturated carbocycles. The first-order chi connectivity index (χ1) is 12.4. The van der Waals surface area contributed by atoms with E-state index in [9.17, 15) is 14.9 Å². The fraction of sp³-hybridized carbons (Fsp3) is 0.222. The van der Waals surface area contributed by atoms with E-state index in [1.807, 2.05) is 30.3 Å². The number of carbonyl (C=O) groups excluding carboxylic acids is 1. The number of anilines is 1. The molecule has 2 aromatic rings. The summed E-state index contributed by atoms with van der Waals surface area (Å²) in [4.78, 5) is 25.0. The average Bonchev–Trinajstić information content (AvgIpc) is 2.62. The Morgan fingerprint density at radius 2 is 2.04 bits per heavy atom. The first kappa shape index (κ1) is 19.6. The van der Waals surface area contributed by atoms with Crippen LogP contribution in [-0.4, -0.2) is 29.3 Å². The molecule has 134 valence electrons. The molecule has 26 heavy (non-hydrogen) atoms. The van der Waals surface area contributed by atoms with Gasteiger partial charge in [0.1, 0.15) is 6.04 Å². The summed E-state index contributed by atoms with van der Waals surface area (Å²) in [5.41, 5.74) is 1.17. The molecule has 0 saturated heterocycles. The highest BCUT2D eigenvalue weighted by molar-refractivity contribution is 9.10. The van der Waals surface area contributed by atoms with E-state index in [0.29, 0.717) is 23.1 Å². The maximum absolute atomic E-state index is 12.9. The minimum absolute atomic E-state index is 0.0689. The number of nitrogens with one attached hydrogen (secondary N) is 1. The summed E-state index contributed by atoms with van der Waals surface area (Å²) in [7, 11) is 1.78. The van der Waals surface area contributed by atoms with Crippen LogP contribution in [0.4, 0.5) is 11.4 Å². The summed E-state index contributed by atoms with van der Waals surface area (Å²) < 4.78 is 0.423. The Morgan fingerprint density at radius 3 is 2.62 bits per heavy atom. The van der Waals surface area contributed by atoms with Crippen LogP contribution in [0.15, 0.2) is 53.0 Å². The summed E-state index contributed by atoms with van der Waals surface area (Å²) in [6, 6.07) is 14.9. The number of nitro benzene ring substituents is 1. The average molecular weight is 417 g/mol. The molecular weight excluding hydrogens is 400 g/mol. The Bertz CT molecular complexity index is 836. The third-order valence-electron chi connectivity index (χ3n) is 3.80. The number of benzene rings is 2. The van der Waals surface area contributed by atoms with Gasteiger partial charge in [0.2, 0.25) is 5.91 Å². The fourth-order valence-corrected chi connectivity index (χ4v) is 2.98. The standard InChI is InChI=1S/C18H17BrN4O3/c1-22(11-5-10-20)17(13-6-3-2-4-7-13)18(24)21-16-9-8-14(23(25)26)12-15(16)19/h2-4,6-9,12,17H,5,11H2,1H3,(H,21,24). The summed E-state index contributed by atoms with van der Waals surface area (Å²) in [5.74, 6) is -0.286. The maximum Gasteiger partial charge on any atom is 0.270 e. The molecule has 0 aliphatic carbocycles. The van der Waals surface area contributed by atoms with Gasteiger partial charge in [0.25, 0.3) is 5.69 Å². The molecule has 0 aliphatic heterocycles. The molecule has 8 heteroatoms. The third kappa shape index (κ3) is 4.88. The highest BCUT2D eigenvalue weighted by Crippen LogP contribution is 2.29. The molecule has 0 heterocycles. The zero-order valence-electron chi connectivity index (χ0n) is 14.1. The summed E-state index contributed by atoms with van der Waals surface area (Å²) in [6.45, 7) is 0.435. The van der Waals surface area contributed by atoms with E-state index in [4.69, 9.17) is 5.26 Å². The normalized spacial score (nSPS) is 11.6. The molecule has 0 aliphatic rings. The smallest absolute Gasteiger partial charge is 0.270 e. The van der Waals surface area contributed by atoms with Crippen molar-refractivity contribution in [1.29, 1.82) is 5.26 Å². The molecule has 1 unspecified atom stereocenters. The van der Waals surface area contributed by atoms with E-state index in [0.717, 1.165) is 5.56 Å². The summed E-state index contributed by atoms with van der Waals surface area (Å²) in [6.07, 6.45) is 0.300. The van der Waals surface area contributed by atoms with Crippen LogP contribution in [0, 0.1) is 21.4 Å². The number of halogens is 1. The second kappa shape index (κ2) is 9.08. The van der Waals surface area contributed by atoms with Crippen molar-refractivity contribution in [2.75, 3.05) is 18.9 Å². The monoisotopic (exact) mass is 416 g/mol. The van der Waals surface area contributed by atoms with Crippen molar-refractivity contribution >= 4 is 33.2 Å². The lowest BCUT2D eigenvalue weighted by atomic mass is 10.0. The third-order valence-corrected chi connectivity index (χ3v) is 4.46. The molecule has 1 atom stereocenters. The van der Waals surface area contributed by atoms with Gasteiger partial charge >= 0.3 is 0 Å². The predicted octanol–water partition coefficient (Wildman–Crippen LogP) is 3.88. The Labute approximate surface area is 159 Å². The number of carbonyl (C=O) groups is 1. The Kier molecular flexibility index (Phi) is 6.83. The minimum atomic E-state index is -0.591. The largest absolute Gasteiger partial charge is 0.323 e. The van der Waals surface area contributed by atoms with Crippen molar-refractivity contribution in [2.45, 2.75) is 12.5 Å². The lowest BCUT2D eigenvalue weighted by Gasteiger charge is -2.27. The first-order valence-electron chi connectivity index (χ1n) is 7.81. The fourth-order valence-electron chi connectivity index (χ4n) is 2.52. The molecule has 7 nitrogen and oxygen atoms in total. The number of amides is 1. The van der Waals surface area contributed by atoms with Crippen LogP contribution in [0.2, 0.25) is 0 Å². The number of nitro groups is 1. The molecule has 0 aromatic heterocycles. The molecule has 0 radical (unpaired) electrons. The van der Waals surface area contributed by atoms with Crippen LogP contribution in [-0.2, 0) is 4.79 Å². The molecule has 0 fully saturated rings. The minimum Gasteiger partial charge on any atom is -0.323 e. The maximum atomic E-state index is 12.9. The molecular formula is C18H17BrN4O3. The van der Waals surface area contributed by atoms with Crippen molar-refractivity contribution in [3.05, 3.63) is 68.7 Å². The van der Waals surface area contributed by atoms with Crippen molar-refractivity contribution in [1.82, 2.24) is 4.90 Å². The van der Waals surface area contributed by atoms with Gasteiger partial charge in [-0.15, -0.1) is 0 Å². The highest BCUT2D eigenvalue weighted by atomic mass is 79.9. The molecule has 0 bridgehead atoms. The second-order valence-electron chi connectivity index (χ2n) is 5.61. The second-order valence-corrected chi connectivity index (χ2v) is 6.47. The van der Waals surface area contributed by atoms with Gasteiger partial charge in [-0.05, 0) is 34.6 Å². The van der Waals surface area contributed by atoms with Gasteiger partial charge in [-0.1, -0.05) is 30.3 Å². The number of likely N-dealkylation sites (N-methyl/N-ethyl adjacent to an activating group) is 1. The summed E-state index contributed by atoms with van der Waals surface area (Å²) in [5, 5.41) is 22.4. The van der Waals surface area contributed by atoms with E-state index in [1.54, 1.807) is 11.9 Å².